The maximum atomic E-state index is 12.1. The van der Waals surface area contributed by atoms with Crippen molar-refractivity contribution in [1.82, 2.24) is 4.72 Å². The second kappa shape index (κ2) is 5.71. The summed E-state index contributed by atoms with van der Waals surface area (Å²) in [5.41, 5.74) is 2.65. The smallest absolute Gasteiger partial charge is 0.291 e. The zero-order chi connectivity index (χ0) is 15.6. The minimum absolute atomic E-state index is 0.0651. The van der Waals surface area contributed by atoms with E-state index in [1.165, 1.54) is 19.2 Å². The molecule has 1 aromatic heterocycles. The molecule has 21 heavy (non-hydrogen) atoms. The lowest BCUT2D eigenvalue weighted by molar-refractivity contribution is 0.0991. The number of aryl methyl sites for hydroxylation is 1. The van der Waals surface area contributed by atoms with Crippen molar-refractivity contribution < 1.29 is 17.6 Å². The minimum atomic E-state index is -3.70. The predicted octanol–water partition coefficient (Wildman–Crippen LogP) is 2.06. The first-order valence-electron chi connectivity index (χ1n) is 6.26. The van der Waals surface area contributed by atoms with Crippen LogP contribution >= 0.6 is 0 Å². The summed E-state index contributed by atoms with van der Waals surface area (Å²) in [5, 5.41) is 2.41. The summed E-state index contributed by atoms with van der Waals surface area (Å²) >= 11 is 0. The van der Waals surface area contributed by atoms with Crippen LogP contribution in [0.25, 0.3) is 0 Å². The van der Waals surface area contributed by atoms with E-state index in [1.807, 2.05) is 26.0 Å². The van der Waals surface area contributed by atoms with Gasteiger partial charge in [0.15, 0.2) is 5.76 Å². The monoisotopic (exact) mass is 308 g/mol. The summed E-state index contributed by atoms with van der Waals surface area (Å²) in [6.07, 6.45) is 0. The van der Waals surface area contributed by atoms with Crippen LogP contribution in [0.1, 0.15) is 21.7 Å². The topological polar surface area (TPSA) is 88.4 Å². The molecule has 0 fully saturated rings. The highest BCUT2D eigenvalue weighted by atomic mass is 32.2. The third kappa shape index (κ3) is 3.14. The van der Waals surface area contributed by atoms with E-state index in [1.54, 1.807) is 6.07 Å². The maximum absolute atomic E-state index is 12.1. The van der Waals surface area contributed by atoms with Gasteiger partial charge in [-0.05, 0) is 50.2 Å². The summed E-state index contributed by atoms with van der Waals surface area (Å²) in [6, 6.07) is 8.11. The highest BCUT2D eigenvalue weighted by Crippen LogP contribution is 2.20. The molecule has 1 heterocycles. The van der Waals surface area contributed by atoms with E-state index in [4.69, 9.17) is 4.42 Å². The van der Waals surface area contributed by atoms with Gasteiger partial charge in [-0.15, -0.1) is 0 Å². The van der Waals surface area contributed by atoms with E-state index in [0.29, 0.717) is 5.69 Å². The maximum Gasteiger partial charge on any atom is 0.291 e. The van der Waals surface area contributed by atoms with E-state index in [0.717, 1.165) is 11.1 Å². The average molecular weight is 308 g/mol. The van der Waals surface area contributed by atoms with Crippen molar-refractivity contribution in [3.63, 3.8) is 0 Å². The molecular formula is C14H16N2O4S. The van der Waals surface area contributed by atoms with E-state index >= 15 is 0 Å². The van der Waals surface area contributed by atoms with Crippen LogP contribution < -0.4 is 10.0 Å². The molecule has 0 aliphatic heterocycles. The van der Waals surface area contributed by atoms with E-state index in [9.17, 15) is 13.2 Å². The van der Waals surface area contributed by atoms with Crippen LogP contribution in [0.2, 0.25) is 0 Å². The molecule has 0 saturated heterocycles. The minimum Gasteiger partial charge on any atom is -0.438 e. The lowest BCUT2D eigenvalue weighted by Crippen LogP contribution is -2.18. The van der Waals surface area contributed by atoms with Gasteiger partial charge in [0.05, 0.1) is 0 Å². The lowest BCUT2D eigenvalue weighted by atomic mass is 10.1. The van der Waals surface area contributed by atoms with Crippen molar-refractivity contribution in [3.05, 3.63) is 47.2 Å². The Morgan fingerprint density at radius 2 is 1.86 bits per heavy atom. The average Bonchev–Trinajstić information content (AvgIpc) is 2.94. The molecule has 0 unspecified atom stereocenters. The summed E-state index contributed by atoms with van der Waals surface area (Å²) in [6.45, 7) is 3.83. The van der Waals surface area contributed by atoms with Crippen molar-refractivity contribution >= 4 is 21.6 Å². The number of hydrogen-bond acceptors (Lipinski definition) is 4. The van der Waals surface area contributed by atoms with Crippen LogP contribution in [0.3, 0.4) is 0 Å². The van der Waals surface area contributed by atoms with Crippen LogP contribution in [-0.4, -0.2) is 21.4 Å². The second-order valence-electron chi connectivity index (χ2n) is 4.53. The second-order valence-corrected chi connectivity index (χ2v) is 6.35. The molecule has 0 atom stereocenters. The molecule has 6 nitrogen and oxygen atoms in total. The zero-order valence-corrected chi connectivity index (χ0v) is 12.7. The Morgan fingerprint density at radius 1 is 1.14 bits per heavy atom. The van der Waals surface area contributed by atoms with Crippen LogP contribution in [0.4, 0.5) is 5.69 Å². The van der Waals surface area contributed by atoms with Gasteiger partial charge in [-0.1, -0.05) is 12.1 Å². The molecule has 7 heteroatoms. The highest BCUT2D eigenvalue weighted by Gasteiger charge is 2.19. The summed E-state index contributed by atoms with van der Waals surface area (Å²) < 4.78 is 30.3. The van der Waals surface area contributed by atoms with Crippen molar-refractivity contribution in [2.24, 2.45) is 0 Å². The van der Waals surface area contributed by atoms with Crippen LogP contribution in [-0.2, 0) is 10.0 Å². The van der Waals surface area contributed by atoms with Gasteiger partial charge in [-0.25, -0.2) is 13.1 Å². The van der Waals surface area contributed by atoms with E-state index in [-0.39, 0.29) is 10.9 Å². The Labute approximate surface area is 123 Å². The van der Waals surface area contributed by atoms with Gasteiger partial charge in [0.1, 0.15) is 0 Å². The number of rotatable bonds is 4. The fourth-order valence-electron chi connectivity index (χ4n) is 1.76. The highest BCUT2D eigenvalue weighted by molar-refractivity contribution is 7.89. The van der Waals surface area contributed by atoms with Crippen LogP contribution in [0.15, 0.2) is 39.8 Å². The largest absolute Gasteiger partial charge is 0.438 e. The summed E-state index contributed by atoms with van der Waals surface area (Å²) in [4.78, 5) is 12.1. The van der Waals surface area contributed by atoms with Crippen molar-refractivity contribution in [3.8, 4) is 0 Å². The number of furan rings is 1. The number of nitrogens with one attached hydrogen (secondary N) is 2. The number of amides is 1. The molecule has 2 aromatic rings. The molecule has 0 aliphatic rings. The molecule has 1 aromatic carbocycles. The molecule has 1 amide bonds. The first-order chi connectivity index (χ1) is 9.85. The molecule has 0 saturated carbocycles. The van der Waals surface area contributed by atoms with Crippen molar-refractivity contribution in [1.29, 1.82) is 0 Å². The molecule has 0 bridgehead atoms. The fourth-order valence-corrected chi connectivity index (χ4v) is 2.41. The first kappa shape index (κ1) is 15.3. The van der Waals surface area contributed by atoms with Gasteiger partial charge in [0.2, 0.25) is 5.09 Å². The number of anilines is 1. The standard InChI is InChI=1S/C14H16N2O4S/c1-9-5-4-6-11(10(9)2)16-14(17)12-7-8-13(20-12)21(18,19)15-3/h4-8,15H,1-3H3,(H,16,17). The predicted molar refractivity (Wildman–Crippen MR) is 78.8 cm³/mol. The number of carbonyl (C=O) groups is 1. The molecule has 0 spiro atoms. The first-order valence-corrected chi connectivity index (χ1v) is 7.74. The Hall–Kier alpha value is -2.12. The molecule has 2 N–H and O–H groups in total. The Balaban J connectivity index is 2.24. The number of carbonyl (C=O) groups excluding carboxylic acids is 1. The third-order valence-corrected chi connectivity index (χ3v) is 4.48. The third-order valence-electron chi connectivity index (χ3n) is 3.19. The summed E-state index contributed by atoms with van der Waals surface area (Å²) in [5.74, 6) is -0.564. The molecule has 0 aliphatic carbocycles. The van der Waals surface area contributed by atoms with Gasteiger partial charge in [-0.3, -0.25) is 4.79 Å². The van der Waals surface area contributed by atoms with Crippen LogP contribution in [0.5, 0.6) is 0 Å². The number of sulfonamides is 1. The van der Waals surface area contributed by atoms with Crippen LogP contribution in [0, 0.1) is 13.8 Å². The van der Waals surface area contributed by atoms with Gasteiger partial charge < -0.3 is 9.73 Å². The SMILES string of the molecule is CNS(=O)(=O)c1ccc(C(=O)Nc2cccc(C)c2C)o1. The quantitative estimate of drug-likeness (QED) is 0.905. The normalized spacial score (nSPS) is 11.4. The summed E-state index contributed by atoms with van der Waals surface area (Å²) in [7, 11) is -2.42. The lowest BCUT2D eigenvalue weighted by Gasteiger charge is -2.09. The van der Waals surface area contributed by atoms with E-state index in [2.05, 4.69) is 10.0 Å². The van der Waals surface area contributed by atoms with E-state index < -0.39 is 15.9 Å². The molecule has 2 rings (SSSR count). The Bertz CT molecular complexity index is 778. The van der Waals surface area contributed by atoms with Gasteiger partial charge in [0.25, 0.3) is 15.9 Å². The zero-order valence-electron chi connectivity index (χ0n) is 11.9. The van der Waals surface area contributed by atoms with Gasteiger partial charge in [-0.2, -0.15) is 0 Å². The van der Waals surface area contributed by atoms with Crippen molar-refractivity contribution in [2.75, 3.05) is 12.4 Å². The Kier molecular flexibility index (Phi) is 4.15. The number of hydrogen-bond donors (Lipinski definition) is 2. The Morgan fingerprint density at radius 3 is 2.52 bits per heavy atom. The number of benzene rings is 1. The molecule has 0 radical (unpaired) electrons. The molecular weight excluding hydrogens is 292 g/mol. The van der Waals surface area contributed by atoms with Gasteiger partial charge >= 0.3 is 0 Å². The van der Waals surface area contributed by atoms with Gasteiger partial charge in [0, 0.05) is 5.69 Å². The molecule has 112 valence electrons. The fraction of sp³-hybridized carbons (Fsp3) is 0.214. The van der Waals surface area contributed by atoms with Crippen molar-refractivity contribution in [2.45, 2.75) is 18.9 Å².